The third-order valence-electron chi connectivity index (χ3n) is 6.62. The van der Waals surface area contributed by atoms with Crippen LogP contribution < -0.4 is 10.1 Å². The Hall–Kier alpha value is -2.64. The number of carbonyl (C=O) groups is 2. The fourth-order valence-corrected chi connectivity index (χ4v) is 6.39. The standard InChI is InChI=1S/C29H32BrNO4S/c1-5-34-28(33)26-21-13-12-20(29(2,3)4)16-24(21)36-27(26)31-25(32)17-35-23-14-11-19(15-22(23)30)18-9-7-6-8-10-18/h6-11,14-15,20H,5,12-13,16-17H2,1-4H3,(H,31,32). The molecular weight excluding hydrogens is 538 g/mol. The molecule has 1 aliphatic rings. The molecule has 1 unspecified atom stereocenters. The predicted molar refractivity (Wildman–Crippen MR) is 149 cm³/mol. The Morgan fingerprint density at radius 3 is 2.53 bits per heavy atom. The summed E-state index contributed by atoms with van der Waals surface area (Å²) < 4.78 is 11.9. The number of amides is 1. The highest BCUT2D eigenvalue weighted by Crippen LogP contribution is 2.44. The predicted octanol–water partition coefficient (Wildman–Crippen LogP) is 7.52. The summed E-state index contributed by atoms with van der Waals surface area (Å²) >= 11 is 5.04. The number of nitrogens with one attached hydrogen (secondary N) is 1. The highest BCUT2D eigenvalue weighted by Gasteiger charge is 2.34. The van der Waals surface area contributed by atoms with Crippen LogP contribution >= 0.6 is 27.3 Å². The molecule has 0 saturated heterocycles. The highest BCUT2D eigenvalue weighted by atomic mass is 79.9. The quantitative estimate of drug-likeness (QED) is 0.299. The number of hydrogen-bond donors (Lipinski definition) is 1. The van der Waals surface area contributed by atoms with Gasteiger partial charge in [-0.25, -0.2) is 4.79 Å². The fourth-order valence-electron chi connectivity index (χ4n) is 4.57. The molecule has 0 bridgehead atoms. The smallest absolute Gasteiger partial charge is 0.341 e. The van der Waals surface area contributed by atoms with Gasteiger partial charge >= 0.3 is 5.97 Å². The van der Waals surface area contributed by atoms with Crippen molar-refractivity contribution in [2.24, 2.45) is 11.3 Å². The van der Waals surface area contributed by atoms with Gasteiger partial charge in [0.05, 0.1) is 16.6 Å². The van der Waals surface area contributed by atoms with Crippen LogP contribution in [-0.2, 0) is 22.4 Å². The maximum Gasteiger partial charge on any atom is 0.341 e. The van der Waals surface area contributed by atoms with E-state index in [0.29, 0.717) is 22.2 Å². The number of fused-ring (bicyclic) bond motifs is 1. The Labute approximate surface area is 225 Å². The number of benzene rings is 2. The first-order chi connectivity index (χ1) is 17.2. The van der Waals surface area contributed by atoms with Crippen LogP contribution in [0.2, 0.25) is 0 Å². The summed E-state index contributed by atoms with van der Waals surface area (Å²) in [6.07, 6.45) is 2.74. The molecule has 2 aromatic carbocycles. The minimum absolute atomic E-state index is 0.168. The fraction of sp³-hybridized carbons (Fsp3) is 0.379. The van der Waals surface area contributed by atoms with Crippen molar-refractivity contribution in [1.29, 1.82) is 0 Å². The lowest BCUT2D eigenvalue weighted by Crippen LogP contribution is -2.26. The van der Waals surface area contributed by atoms with Crippen LogP contribution in [0.1, 0.15) is 54.9 Å². The van der Waals surface area contributed by atoms with E-state index in [1.54, 1.807) is 6.92 Å². The molecule has 0 spiro atoms. The summed E-state index contributed by atoms with van der Waals surface area (Å²) in [7, 11) is 0. The lowest BCUT2D eigenvalue weighted by atomic mass is 9.72. The Morgan fingerprint density at radius 1 is 1.11 bits per heavy atom. The van der Waals surface area contributed by atoms with Gasteiger partial charge in [-0.05, 0) is 82.3 Å². The van der Waals surface area contributed by atoms with Crippen LogP contribution in [0.25, 0.3) is 11.1 Å². The number of thiophene rings is 1. The molecule has 1 aliphatic carbocycles. The molecule has 190 valence electrons. The lowest BCUT2D eigenvalue weighted by Gasteiger charge is -2.33. The summed E-state index contributed by atoms with van der Waals surface area (Å²) in [6, 6.07) is 15.8. The third-order valence-corrected chi connectivity index (χ3v) is 8.41. The van der Waals surface area contributed by atoms with Crippen LogP contribution in [0.15, 0.2) is 53.0 Å². The van der Waals surface area contributed by atoms with Gasteiger partial charge in [0.1, 0.15) is 10.8 Å². The van der Waals surface area contributed by atoms with Crippen molar-refractivity contribution in [2.75, 3.05) is 18.5 Å². The molecule has 3 aromatic rings. The van der Waals surface area contributed by atoms with Crippen LogP contribution in [0.5, 0.6) is 5.75 Å². The average molecular weight is 571 g/mol. The maximum absolute atomic E-state index is 12.9. The Morgan fingerprint density at radius 2 is 1.86 bits per heavy atom. The van der Waals surface area contributed by atoms with Crippen molar-refractivity contribution >= 4 is 44.1 Å². The van der Waals surface area contributed by atoms with Crippen LogP contribution in [0, 0.1) is 11.3 Å². The highest BCUT2D eigenvalue weighted by molar-refractivity contribution is 9.10. The van der Waals surface area contributed by atoms with E-state index in [0.717, 1.165) is 40.4 Å². The Kier molecular flexibility index (Phi) is 8.20. The molecule has 0 aliphatic heterocycles. The molecule has 7 heteroatoms. The van der Waals surface area contributed by atoms with E-state index in [1.807, 2.05) is 48.5 Å². The zero-order chi connectivity index (χ0) is 25.9. The molecule has 1 aromatic heterocycles. The van der Waals surface area contributed by atoms with Gasteiger partial charge in [0, 0.05) is 4.88 Å². The first kappa shape index (κ1) is 26.4. The molecule has 4 rings (SSSR count). The van der Waals surface area contributed by atoms with Gasteiger partial charge in [-0.2, -0.15) is 0 Å². The van der Waals surface area contributed by atoms with Gasteiger partial charge in [-0.15, -0.1) is 11.3 Å². The molecule has 0 fully saturated rings. The molecule has 0 radical (unpaired) electrons. The molecule has 1 atom stereocenters. The van der Waals surface area contributed by atoms with Crippen molar-refractivity contribution in [2.45, 2.75) is 47.0 Å². The minimum Gasteiger partial charge on any atom is -0.483 e. The molecule has 1 N–H and O–H groups in total. The Bertz CT molecular complexity index is 1250. The van der Waals surface area contributed by atoms with E-state index >= 15 is 0 Å². The van der Waals surface area contributed by atoms with Crippen molar-refractivity contribution in [1.82, 2.24) is 0 Å². The monoisotopic (exact) mass is 569 g/mol. The van der Waals surface area contributed by atoms with Gasteiger partial charge in [-0.3, -0.25) is 4.79 Å². The third kappa shape index (κ3) is 6.01. The van der Waals surface area contributed by atoms with Gasteiger partial charge in [0.15, 0.2) is 6.61 Å². The van der Waals surface area contributed by atoms with E-state index in [-0.39, 0.29) is 30.5 Å². The largest absolute Gasteiger partial charge is 0.483 e. The van der Waals surface area contributed by atoms with Gasteiger partial charge < -0.3 is 14.8 Å². The van der Waals surface area contributed by atoms with Crippen molar-refractivity contribution in [3.05, 3.63) is 69.0 Å². The molecular formula is C29H32BrNO4S. The van der Waals surface area contributed by atoms with Gasteiger partial charge in [0.2, 0.25) is 0 Å². The van der Waals surface area contributed by atoms with Crippen LogP contribution in [0.4, 0.5) is 5.00 Å². The number of ether oxygens (including phenoxy) is 2. The van der Waals surface area contributed by atoms with E-state index < -0.39 is 0 Å². The summed E-state index contributed by atoms with van der Waals surface area (Å²) in [6.45, 7) is 8.68. The molecule has 1 amide bonds. The van der Waals surface area contributed by atoms with Gasteiger partial charge in [0.25, 0.3) is 5.91 Å². The average Bonchev–Trinajstić information content (AvgIpc) is 3.20. The van der Waals surface area contributed by atoms with E-state index in [4.69, 9.17) is 9.47 Å². The van der Waals surface area contributed by atoms with E-state index in [1.165, 1.54) is 16.2 Å². The normalized spacial score (nSPS) is 15.2. The topological polar surface area (TPSA) is 64.6 Å². The first-order valence-corrected chi connectivity index (χ1v) is 13.9. The summed E-state index contributed by atoms with van der Waals surface area (Å²) in [5, 5.41) is 3.48. The second-order valence-electron chi connectivity index (χ2n) is 10.1. The number of halogens is 1. The van der Waals surface area contributed by atoms with Gasteiger partial charge in [-0.1, -0.05) is 57.2 Å². The maximum atomic E-state index is 12.9. The SMILES string of the molecule is CCOC(=O)c1c(NC(=O)COc2ccc(-c3ccccc3)cc2Br)sc2c1CCC(C(C)(C)C)C2. The second kappa shape index (κ2) is 11.2. The number of rotatable bonds is 7. The Balaban J connectivity index is 1.47. The van der Waals surface area contributed by atoms with Crippen LogP contribution in [-0.4, -0.2) is 25.1 Å². The van der Waals surface area contributed by atoms with Crippen molar-refractivity contribution in [3.8, 4) is 16.9 Å². The number of carbonyl (C=O) groups excluding carboxylic acids is 2. The summed E-state index contributed by atoms with van der Waals surface area (Å²) in [5.41, 5.74) is 3.87. The molecule has 5 nitrogen and oxygen atoms in total. The van der Waals surface area contributed by atoms with Crippen molar-refractivity contribution in [3.63, 3.8) is 0 Å². The summed E-state index contributed by atoms with van der Waals surface area (Å²) in [5.74, 6) is 0.418. The number of esters is 1. The minimum atomic E-state index is -0.375. The van der Waals surface area contributed by atoms with Crippen molar-refractivity contribution < 1.29 is 19.1 Å². The van der Waals surface area contributed by atoms with E-state index in [2.05, 4.69) is 42.0 Å². The molecule has 1 heterocycles. The molecule has 0 saturated carbocycles. The first-order valence-electron chi connectivity index (χ1n) is 12.3. The number of hydrogen-bond acceptors (Lipinski definition) is 5. The zero-order valence-corrected chi connectivity index (χ0v) is 23.6. The zero-order valence-electron chi connectivity index (χ0n) is 21.2. The number of anilines is 1. The molecule has 36 heavy (non-hydrogen) atoms. The lowest BCUT2D eigenvalue weighted by molar-refractivity contribution is -0.118. The van der Waals surface area contributed by atoms with Crippen LogP contribution in [0.3, 0.4) is 0 Å². The second-order valence-corrected chi connectivity index (χ2v) is 12.0. The summed E-state index contributed by atoms with van der Waals surface area (Å²) in [4.78, 5) is 26.9. The van der Waals surface area contributed by atoms with E-state index in [9.17, 15) is 9.59 Å².